The molecule has 2 N–H and O–H groups in total. The van der Waals surface area contributed by atoms with Crippen molar-refractivity contribution in [3.05, 3.63) is 35.5 Å². The summed E-state index contributed by atoms with van der Waals surface area (Å²) in [7, 11) is 0. The molecule has 0 aliphatic heterocycles. The fourth-order valence-electron chi connectivity index (χ4n) is 1.86. The number of rotatable bonds is 3. The second-order valence-corrected chi connectivity index (χ2v) is 4.25. The van der Waals surface area contributed by atoms with Crippen LogP contribution in [0.3, 0.4) is 0 Å². The third-order valence-electron chi connectivity index (χ3n) is 2.76. The summed E-state index contributed by atoms with van der Waals surface area (Å²) in [5.41, 5.74) is 2.59. The fraction of sp³-hybridized carbons (Fsp3) is 0.286. The molecule has 4 nitrogen and oxygen atoms in total. The first kappa shape index (κ1) is 12.4. The summed E-state index contributed by atoms with van der Waals surface area (Å²) in [6.07, 6.45) is 1.73. The van der Waals surface area contributed by atoms with Crippen molar-refractivity contribution in [3.8, 4) is 17.1 Å². The van der Waals surface area contributed by atoms with Crippen LogP contribution in [0.15, 0.2) is 24.4 Å². The number of aromatic hydroxyl groups is 1. The number of benzene rings is 1. The summed E-state index contributed by atoms with van der Waals surface area (Å²) >= 11 is 0. The molecule has 1 aromatic heterocycles. The van der Waals surface area contributed by atoms with Gasteiger partial charge in [-0.3, -0.25) is 0 Å². The van der Waals surface area contributed by atoms with Crippen LogP contribution in [-0.2, 0) is 0 Å². The molecule has 0 bridgehead atoms. The van der Waals surface area contributed by atoms with E-state index < -0.39 is 0 Å². The van der Waals surface area contributed by atoms with Crippen molar-refractivity contribution in [2.45, 2.75) is 20.8 Å². The van der Waals surface area contributed by atoms with E-state index in [2.05, 4.69) is 15.3 Å². The van der Waals surface area contributed by atoms with Gasteiger partial charge in [0, 0.05) is 18.3 Å². The van der Waals surface area contributed by atoms with Crippen LogP contribution in [0.1, 0.15) is 18.1 Å². The molecular weight excluding hydrogens is 226 g/mol. The smallest absolute Gasteiger partial charge is 0.161 e. The molecule has 94 valence electrons. The lowest BCUT2D eigenvalue weighted by atomic mass is 10.1. The molecule has 0 saturated carbocycles. The van der Waals surface area contributed by atoms with Gasteiger partial charge in [-0.2, -0.15) is 0 Å². The van der Waals surface area contributed by atoms with Crippen LogP contribution >= 0.6 is 0 Å². The molecular formula is C14H17N3O. The molecule has 0 amide bonds. The minimum atomic E-state index is 0.335. The number of hydrogen-bond acceptors (Lipinski definition) is 4. The lowest BCUT2D eigenvalue weighted by Crippen LogP contribution is -2.01. The van der Waals surface area contributed by atoms with Crippen LogP contribution in [-0.4, -0.2) is 21.6 Å². The van der Waals surface area contributed by atoms with E-state index in [0.29, 0.717) is 11.6 Å². The molecule has 0 aliphatic rings. The standard InChI is InChI=1S/C14H17N3O/c1-4-15-12-5-6-16-14(17-12)11-7-9(2)13(18)10(3)8-11/h5-8,18H,4H2,1-3H3,(H,15,16,17). The van der Waals surface area contributed by atoms with Gasteiger partial charge < -0.3 is 10.4 Å². The van der Waals surface area contributed by atoms with Crippen LogP contribution in [0.5, 0.6) is 5.75 Å². The Bertz CT molecular complexity index is 544. The number of aryl methyl sites for hydroxylation is 2. The third kappa shape index (κ3) is 2.42. The van der Waals surface area contributed by atoms with E-state index in [-0.39, 0.29) is 0 Å². The molecule has 0 spiro atoms. The van der Waals surface area contributed by atoms with E-state index in [0.717, 1.165) is 29.1 Å². The lowest BCUT2D eigenvalue weighted by Gasteiger charge is -2.08. The molecule has 1 heterocycles. The van der Waals surface area contributed by atoms with Gasteiger partial charge in [0.15, 0.2) is 5.82 Å². The van der Waals surface area contributed by atoms with Crippen molar-refractivity contribution in [1.82, 2.24) is 9.97 Å². The molecule has 18 heavy (non-hydrogen) atoms. The number of phenols is 1. The van der Waals surface area contributed by atoms with Gasteiger partial charge in [-0.15, -0.1) is 0 Å². The predicted molar refractivity (Wildman–Crippen MR) is 72.8 cm³/mol. The minimum absolute atomic E-state index is 0.335. The minimum Gasteiger partial charge on any atom is -0.507 e. The molecule has 4 heteroatoms. The Kier molecular flexibility index (Phi) is 3.46. The van der Waals surface area contributed by atoms with E-state index in [1.54, 1.807) is 6.20 Å². The molecule has 2 rings (SSSR count). The number of nitrogens with zero attached hydrogens (tertiary/aromatic N) is 2. The zero-order valence-electron chi connectivity index (χ0n) is 10.9. The van der Waals surface area contributed by atoms with Crippen molar-refractivity contribution >= 4 is 5.82 Å². The van der Waals surface area contributed by atoms with Crippen molar-refractivity contribution in [2.75, 3.05) is 11.9 Å². The molecule has 0 aliphatic carbocycles. The van der Waals surface area contributed by atoms with Gasteiger partial charge in [0.25, 0.3) is 0 Å². The average Bonchev–Trinajstić information content (AvgIpc) is 2.36. The number of aromatic nitrogens is 2. The quantitative estimate of drug-likeness (QED) is 0.870. The summed E-state index contributed by atoms with van der Waals surface area (Å²) in [6.45, 7) is 6.60. The van der Waals surface area contributed by atoms with Gasteiger partial charge in [-0.25, -0.2) is 9.97 Å². The van der Waals surface area contributed by atoms with Crippen LogP contribution < -0.4 is 5.32 Å². The summed E-state index contributed by atoms with van der Waals surface area (Å²) in [5.74, 6) is 1.81. The molecule has 0 fully saturated rings. The summed E-state index contributed by atoms with van der Waals surface area (Å²) in [6, 6.07) is 5.63. The van der Waals surface area contributed by atoms with Crippen LogP contribution in [0.25, 0.3) is 11.4 Å². The molecule has 0 radical (unpaired) electrons. The van der Waals surface area contributed by atoms with Gasteiger partial charge >= 0.3 is 0 Å². The van der Waals surface area contributed by atoms with E-state index >= 15 is 0 Å². The van der Waals surface area contributed by atoms with Crippen molar-refractivity contribution in [2.24, 2.45) is 0 Å². The van der Waals surface area contributed by atoms with Gasteiger partial charge in [-0.05, 0) is 50.1 Å². The SMILES string of the molecule is CCNc1ccnc(-c2cc(C)c(O)c(C)c2)n1. The maximum Gasteiger partial charge on any atom is 0.161 e. The first-order valence-electron chi connectivity index (χ1n) is 5.99. The predicted octanol–water partition coefficient (Wildman–Crippen LogP) is 2.90. The topological polar surface area (TPSA) is 58.0 Å². The number of anilines is 1. The van der Waals surface area contributed by atoms with E-state index in [9.17, 15) is 5.11 Å². The van der Waals surface area contributed by atoms with Gasteiger partial charge in [-0.1, -0.05) is 0 Å². The fourth-order valence-corrected chi connectivity index (χ4v) is 1.86. The Labute approximate surface area is 107 Å². The highest BCUT2D eigenvalue weighted by Gasteiger charge is 2.07. The lowest BCUT2D eigenvalue weighted by molar-refractivity contribution is 0.467. The maximum atomic E-state index is 9.76. The zero-order chi connectivity index (χ0) is 13.1. The van der Waals surface area contributed by atoms with Crippen LogP contribution in [0, 0.1) is 13.8 Å². The average molecular weight is 243 g/mol. The highest BCUT2D eigenvalue weighted by Crippen LogP contribution is 2.27. The van der Waals surface area contributed by atoms with Crippen molar-refractivity contribution in [1.29, 1.82) is 0 Å². The number of nitrogens with one attached hydrogen (secondary N) is 1. The number of phenolic OH excluding ortho intramolecular Hbond substituents is 1. The maximum absolute atomic E-state index is 9.76. The third-order valence-corrected chi connectivity index (χ3v) is 2.76. The molecule has 0 unspecified atom stereocenters. The van der Waals surface area contributed by atoms with Crippen LogP contribution in [0.2, 0.25) is 0 Å². The molecule has 0 saturated heterocycles. The number of hydrogen-bond donors (Lipinski definition) is 2. The highest BCUT2D eigenvalue weighted by molar-refractivity contribution is 5.62. The Balaban J connectivity index is 2.45. The molecule has 0 atom stereocenters. The van der Waals surface area contributed by atoms with Gasteiger partial charge in [0.05, 0.1) is 0 Å². The van der Waals surface area contributed by atoms with E-state index in [1.165, 1.54) is 0 Å². The summed E-state index contributed by atoms with van der Waals surface area (Å²) < 4.78 is 0. The van der Waals surface area contributed by atoms with E-state index in [1.807, 2.05) is 39.0 Å². The van der Waals surface area contributed by atoms with E-state index in [4.69, 9.17) is 0 Å². The monoisotopic (exact) mass is 243 g/mol. The van der Waals surface area contributed by atoms with Gasteiger partial charge in [0.2, 0.25) is 0 Å². The largest absolute Gasteiger partial charge is 0.507 e. The van der Waals surface area contributed by atoms with Crippen molar-refractivity contribution in [3.63, 3.8) is 0 Å². The van der Waals surface area contributed by atoms with Crippen LogP contribution in [0.4, 0.5) is 5.82 Å². The summed E-state index contributed by atoms with van der Waals surface area (Å²) in [5, 5.41) is 12.9. The van der Waals surface area contributed by atoms with Gasteiger partial charge in [0.1, 0.15) is 11.6 Å². The first-order chi connectivity index (χ1) is 8.61. The first-order valence-corrected chi connectivity index (χ1v) is 5.99. The Morgan fingerprint density at radius 1 is 1.22 bits per heavy atom. The Morgan fingerprint density at radius 2 is 1.89 bits per heavy atom. The summed E-state index contributed by atoms with van der Waals surface area (Å²) in [4.78, 5) is 8.71. The Morgan fingerprint density at radius 3 is 2.50 bits per heavy atom. The second kappa shape index (κ2) is 5.04. The molecule has 2 aromatic rings. The zero-order valence-corrected chi connectivity index (χ0v) is 10.9. The van der Waals surface area contributed by atoms with Crippen molar-refractivity contribution < 1.29 is 5.11 Å². The Hall–Kier alpha value is -2.10. The highest BCUT2D eigenvalue weighted by atomic mass is 16.3. The molecule has 1 aromatic carbocycles. The normalized spacial score (nSPS) is 10.4. The second-order valence-electron chi connectivity index (χ2n) is 4.25.